The van der Waals surface area contributed by atoms with E-state index in [1.54, 1.807) is 16.2 Å². The molecule has 0 unspecified atom stereocenters. The Morgan fingerprint density at radius 1 is 1.15 bits per heavy atom. The number of morpholine rings is 1. The molecule has 0 N–H and O–H groups in total. The average molecular weight is 386 g/mol. The average Bonchev–Trinajstić information content (AvgIpc) is 3.17. The lowest BCUT2D eigenvalue weighted by atomic mass is 10.2. The van der Waals surface area contributed by atoms with Gasteiger partial charge in [0.25, 0.3) is 5.91 Å². The van der Waals surface area contributed by atoms with Crippen LogP contribution in [-0.4, -0.2) is 78.6 Å². The Morgan fingerprint density at radius 3 is 2.67 bits per heavy atom. The van der Waals surface area contributed by atoms with Gasteiger partial charge in [-0.2, -0.15) is 0 Å². The molecule has 7 nitrogen and oxygen atoms in total. The minimum Gasteiger partial charge on any atom is -0.365 e. The Hall–Kier alpha value is -2.45. The van der Waals surface area contributed by atoms with Crippen LogP contribution in [0.25, 0.3) is 10.2 Å². The maximum atomic E-state index is 12.8. The quantitative estimate of drug-likeness (QED) is 0.746. The van der Waals surface area contributed by atoms with Gasteiger partial charge in [0.15, 0.2) is 11.2 Å². The largest absolute Gasteiger partial charge is 0.365 e. The molecule has 4 rings (SSSR count). The monoisotopic (exact) mass is 386 g/mol. The van der Waals surface area contributed by atoms with E-state index in [0.717, 1.165) is 23.7 Å². The zero-order valence-electron chi connectivity index (χ0n) is 15.0. The maximum Gasteiger partial charge on any atom is 0.253 e. The summed E-state index contributed by atoms with van der Waals surface area (Å²) >= 11 is 1.68. The number of nitrogens with zero attached hydrogens (tertiary/aromatic N) is 4. The fourth-order valence-electron chi connectivity index (χ4n) is 3.45. The number of aromatic nitrogens is 1. The molecular formula is C19H22N4O3S. The van der Waals surface area contributed by atoms with Crippen LogP contribution in [0.15, 0.2) is 36.9 Å². The molecule has 2 fully saturated rings. The Morgan fingerprint density at radius 2 is 1.93 bits per heavy atom. The number of thiazole rings is 1. The fourth-order valence-corrected chi connectivity index (χ4v) is 4.46. The second-order valence-electron chi connectivity index (χ2n) is 6.62. The molecule has 1 atom stereocenters. The first kappa shape index (κ1) is 17.9. The van der Waals surface area contributed by atoms with Crippen molar-refractivity contribution in [2.24, 2.45) is 0 Å². The second kappa shape index (κ2) is 7.66. The molecule has 0 bridgehead atoms. The number of para-hydroxylation sites is 1. The first-order valence-corrected chi connectivity index (χ1v) is 9.89. The van der Waals surface area contributed by atoms with Crippen LogP contribution in [0.5, 0.6) is 0 Å². The summed E-state index contributed by atoms with van der Waals surface area (Å²) in [6.07, 6.45) is 0.695. The summed E-state index contributed by atoms with van der Waals surface area (Å²) in [7, 11) is 0. The van der Waals surface area contributed by atoms with Gasteiger partial charge in [-0.15, -0.1) is 0 Å². The first-order valence-electron chi connectivity index (χ1n) is 9.08. The van der Waals surface area contributed by atoms with Crippen LogP contribution in [0.3, 0.4) is 0 Å². The number of anilines is 1. The van der Waals surface area contributed by atoms with Crippen molar-refractivity contribution in [1.29, 1.82) is 0 Å². The molecule has 1 aromatic heterocycles. The van der Waals surface area contributed by atoms with Crippen molar-refractivity contribution in [2.45, 2.75) is 6.10 Å². The van der Waals surface area contributed by atoms with Crippen LogP contribution in [-0.2, 0) is 14.3 Å². The zero-order valence-corrected chi connectivity index (χ0v) is 15.9. The van der Waals surface area contributed by atoms with Crippen LogP contribution in [0.4, 0.5) is 5.13 Å². The SMILES string of the molecule is C=CC(=O)N1CCO[C@H](C(=O)N2CCN(c3nc4ccccc4s3)CC2)C1. The molecule has 142 valence electrons. The number of amides is 2. The lowest BCUT2D eigenvalue weighted by Crippen LogP contribution is -2.56. The van der Waals surface area contributed by atoms with Crippen molar-refractivity contribution < 1.29 is 14.3 Å². The molecule has 3 heterocycles. The summed E-state index contributed by atoms with van der Waals surface area (Å²) < 4.78 is 6.80. The normalized spacial score (nSPS) is 20.7. The molecular weight excluding hydrogens is 364 g/mol. The van der Waals surface area contributed by atoms with Gasteiger partial charge in [0, 0.05) is 32.7 Å². The Balaban J connectivity index is 1.36. The van der Waals surface area contributed by atoms with E-state index in [1.807, 2.05) is 23.1 Å². The third-order valence-corrected chi connectivity index (χ3v) is 6.07. The summed E-state index contributed by atoms with van der Waals surface area (Å²) in [4.78, 5) is 35.0. The van der Waals surface area contributed by atoms with Gasteiger partial charge < -0.3 is 19.4 Å². The number of carbonyl (C=O) groups excluding carboxylic acids is 2. The molecule has 2 saturated heterocycles. The van der Waals surface area contributed by atoms with Gasteiger partial charge in [-0.3, -0.25) is 9.59 Å². The van der Waals surface area contributed by atoms with Gasteiger partial charge in [-0.05, 0) is 18.2 Å². The van der Waals surface area contributed by atoms with E-state index in [0.29, 0.717) is 32.8 Å². The molecule has 1 aromatic carbocycles. The predicted octanol–water partition coefficient (Wildman–Crippen LogP) is 1.36. The second-order valence-corrected chi connectivity index (χ2v) is 7.63. The van der Waals surface area contributed by atoms with Gasteiger partial charge in [0.05, 0.1) is 23.4 Å². The highest BCUT2D eigenvalue weighted by Gasteiger charge is 2.33. The minimum atomic E-state index is -0.586. The summed E-state index contributed by atoms with van der Waals surface area (Å²) in [6.45, 7) is 7.43. The van der Waals surface area contributed by atoms with Gasteiger partial charge in [0.1, 0.15) is 0 Å². The van der Waals surface area contributed by atoms with Crippen LogP contribution >= 0.6 is 11.3 Å². The van der Waals surface area contributed by atoms with Crippen LogP contribution in [0.2, 0.25) is 0 Å². The molecule has 0 aliphatic carbocycles. The number of piperazine rings is 1. The highest BCUT2D eigenvalue weighted by Crippen LogP contribution is 2.29. The van der Waals surface area contributed by atoms with E-state index in [9.17, 15) is 9.59 Å². The van der Waals surface area contributed by atoms with E-state index in [2.05, 4.69) is 17.5 Å². The van der Waals surface area contributed by atoms with Crippen molar-refractivity contribution in [3.63, 3.8) is 0 Å². The summed E-state index contributed by atoms with van der Waals surface area (Å²) in [5, 5.41) is 1.000. The molecule has 27 heavy (non-hydrogen) atoms. The number of ether oxygens (including phenoxy) is 1. The third kappa shape index (κ3) is 3.68. The number of benzene rings is 1. The van der Waals surface area contributed by atoms with Crippen LogP contribution in [0, 0.1) is 0 Å². The Kier molecular flexibility index (Phi) is 5.09. The number of hydrogen-bond acceptors (Lipinski definition) is 6. The molecule has 0 saturated carbocycles. The van der Waals surface area contributed by atoms with Gasteiger partial charge in [-0.25, -0.2) is 4.98 Å². The molecule has 0 spiro atoms. The lowest BCUT2D eigenvalue weighted by Gasteiger charge is -2.38. The molecule has 2 aliphatic rings. The van der Waals surface area contributed by atoms with E-state index >= 15 is 0 Å². The van der Waals surface area contributed by atoms with Crippen LogP contribution in [0.1, 0.15) is 0 Å². The molecule has 8 heteroatoms. The number of fused-ring (bicyclic) bond motifs is 1. The smallest absolute Gasteiger partial charge is 0.253 e. The maximum absolute atomic E-state index is 12.8. The van der Waals surface area contributed by atoms with Crippen molar-refractivity contribution >= 4 is 38.5 Å². The van der Waals surface area contributed by atoms with Gasteiger partial charge >= 0.3 is 0 Å². The fraction of sp³-hybridized carbons (Fsp3) is 0.421. The molecule has 2 aromatic rings. The lowest BCUT2D eigenvalue weighted by molar-refractivity contribution is -0.153. The number of carbonyl (C=O) groups is 2. The number of hydrogen-bond donors (Lipinski definition) is 0. The van der Waals surface area contributed by atoms with E-state index in [-0.39, 0.29) is 11.8 Å². The summed E-state index contributed by atoms with van der Waals surface area (Å²) in [5.74, 6) is -0.197. The van der Waals surface area contributed by atoms with Gasteiger partial charge in [-0.1, -0.05) is 30.0 Å². The number of rotatable bonds is 3. The predicted molar refractivity (Wildman–Crippen MR) is 105 cm³/mol. The van der Waals surface area contributed by atoms with Crippen LogP contribution < -0.4 is 4.90 Å². The van der Waals surface area contributed by atoms with E-state index in [4.69, 9.17) is 9.72 Å². The standard InChI is InChI=1S/C19H22N4O3S/c1-2-17(24)23-11-12-26-15(13-23)18(25)21-7-9-22(10-8-21)19-20-14-5-3-4-6-16(14)27-19/h2-6,15H,1,7-13H2/t15-/m0/s1. The van der Waals surface area contributed by atoms with Crippen molar-refractivity contribution in [3.8, 4) is 0 Å². The summed E-state index contributed by atoms with van der Waals surface area (Å²) in [5.41, 5.74) is 1.01. The zero-order chi connectivity index (χ0) is 18.8. The summed E-state index contributed by atoms with van der Waals surface area (Å²) in [6, 6.07) is 8.11. The topological polar surface area (TPSA) is 66.0 Å². The molecule has 2 aliphatic heterocycles. The third-order valence-electron chi connectivity index (χ3n) is 4.97. The Bertz CT molecular complexity index is 827. The molecule has 0 radical (unpaired) electrons. The van der Waals surface area contributed by atoms with Gasteiger partial charge in [0.2, 0.25) is 5.91 Å². The van der Waals surface area contributed by atoms with Crippen molar-refractivity contribution in [1.82, 2.24) is 14.8 Å². The highest BCUT2D eigenvalue weighted by molar-refractivity contribution is 7.22. The highest BCUT2D eigenvalue weighted by atomic mass is 32.1. The minimum absolute atomic E-state index is 0.0412. The van der Waals surface area contributed by atoms with E-state index < -0.39 is 6.10 Å². The first-order chi connectivity index (χ1) is 13.2. The van der Waals surface area contributed by atoms with Crippen molar-refractivity contribution in [3.05, 3.63) is 36.9 Å². The Labute approximate surface area is 161 Å². The molecule has 2 amide bonds. The van der Waals surface area contributed by atoms with Crippen molar-refractivity contribution in [2.75, 3.05) is 50.8 Å². The van der Waals surface area contributed by atoms with E-state index in [1.165, 1.54) is 10.8 Å².